The maximum atomic E-state index is 12.4. The molecule has 0 spiro atoms. The van der Waals surface area contributed by atoms with Crippen molar-refractivity contribution in [2.24, 2.45) is 0 Å². The van der Waals surface area contributed by atoms with Crippen molar-refractivity contribution < 1.29 is 14.3 Å². The van der Waals surface area contributed by atoms with Crippen molar-refractivity contribution in [3.63, 3.8) is 0 Å². The zero-order valence-corrected chi connectivity index (χ0v) is 12.4. The van der Waals surface area contributed by atoms with Crippen LogP contribution in [0.3, 0.4) is 0 Å². The summed E-state index contributed by atoms with van der Waals surface area (Å²) in [5.41, 5.74) is 1.67. The molecule has 4 heteroatoms. The van der Waals surface area contributed by atoms with E-state index in [2.05, 4.69) is 18.0 Å². The number of nitrogens with one attached hydrogen (secondary N) is 1. The number of amides is 1. The average Bonchev–Trinajstić information content (AvgIpc) is 3.01. The molecule has 0 radical (unpaired) electrons. The minimum Gasteiger partial charge on any atom is -0.454 e. The summed E-state index contributed by atoms with van der Waals surface area (Å²) >= 11 is 0. The van der Waals surface area contributed by atoms with Gasteiger partial charge in [-0.3, -0.25) is 4.79 Å². The zero-order chi connectivity index (χ0) is 15.4. The number of fused-ring (bicyclic) bond motifs is 1. The molecule has 0 aromatic heterocycles. The lowest BCUT2D eigenvalue weighted by molar-refractivity contribution is 0.0935. The van der Waals surface area contributed by atoms with Crippen LogP contribution in [-0.4, -0.2) is 18.7 Å². The SMILES string of the molecule is C=C1/C=C\C=C/CC(NC(=O)c2ccc3c(c2)OCO3)CC1. The van der Waals surface area contributed by atoms with Crippen molar-refractivity contribution in [3.05, 3.63) is 60.2 Å². The normalized spacial score (nSPS) is 23.1. The van der Waals surface area contributed by atoms with E-state index in [9.17, 15) is 4.79 Å². The lowest BCUT2D eigenvalue weighted by Crippen LogP contribution is -2.34. The summed E-state index contributed by atoms with van der Waals surface area (Å²) in [4.78, 5) is 12.4. The van der Waals surface area contributed by atoms with Gasteiger partial charge >= 0.3 is 0 Å². The van der Waals surface area contributed by atoms with Gasteiger partial charge in [0.05, 0.1) is 0 Å². The highest BCUT2D eigenvalue weighted by Gasteiger charge is 2.18. The quantitative estimate of drug-likeness (QED) is 0.910. The highest BCUT2D eigenvalue weighted by molar-refractivity contribution is 5.95. The van der Waals surface area contributed by atoms with E-state index in [4.69, 9.17) is 9.47 Å². The van der Waals surface area contributed by atoms with Gasteiger partial charge < -0.3 is 14.8 Å². The molecule has 0 bridgehead atoms. The second-order valence-corrected chi connectivity index (χ2v) is 5.46. The molecule has 1 atom stereocenters. The summed E-state index contributed by atoms with van der Waals surface area (Å²) in [5, 5.41) is 3.09. The standard InChI is InChI=1S/C18H19NO3/c1-13-5-3-2-4-6-15(9-7-13)19-18(20)14-8-10-16-17(11-14)22-12-21-16/h2-5,8,10-11,15H,1,6-7,9,12H2,(H,19,20)/b4-2-,5-3-. The van der Waals surface area contributed by atoms with Crippen molar-refractivity contribution in [1.82, 2.24) is 5.32 Å². The van der Waals surface area contributed by atoms with Crippen LogP contribution in [0.5, 0.6) is 11.5 Å². The molecule has 4 nitrogen and oxygen atoms in total. The Hall–Kier alpha value is -2.49. The fraction of sp³-hybridized carbons (Fsp3) is 0.278. The van der Waals surface area contributed by atoms with E-state index >= 15 is 0 Å². The molecule has 1 heterocycles. The molecule has 1 aliphatic heterocycles. The fourth-order valence-electron chi connectivity index (χ4n) is 2.51. The molecule has 3 rings (SSSR count). The van der Waals surface area contributed by atoms with Crippen molar-refractivity contribution in [2.45, 2.75) is 25.3 Å². The Morgan fingerprint density at radius 2 is 2.09 bits per heavy atom. The van der Waals surface area contributed by atoms with Crippen LogP contribution in [0.2, 0.25) is 0 Å². The van der Waals surface area contributed by atoms with Gasteiger partial charge in [0.15, 0.2) is 11.5 Å². The minimum atomic E-state index is -0.0884. The third-order valence-corrected chi connectivity index (χ3v) is 3.78. The molecule has 22 heavy (non-hydrogen) atoms. The number of hydrogen-bond donors (Lipinski definition) is 1. The Morgan fingerprint density at radius 3 is 3.00 bits per heavy atom. The van der Waals surface area contributed by atoms with E-state index in [1.807, 2.05) is 18.2 Å². The third kappa shape index (κ3) is 3.39. The Morgan fingerprint density at radius 1 is 1.23 bits per heavy atom. The van der Waals surface area contributed by atoms with E-state index in [0.717, 1.165) is 24.8 Å². The monoisotopic (exact) mass is 297 g/mol. The first-order valence-electron chi connectivity index (χ1n) is 7.44. The fourth-order valence-corrected chi connectivity index (χ4v) is 2.51. The molecule has 0 saturated heterocycles. The van der Waals surface area contributed by atoms with Gasteiger partial charge in [0, 0.05) is 11.6 Å². The van der Waals surface area contributed by atoms with Gasteiger partial charge in [0.1, 0.15) is 0 Å². The Labute approximate surface area is 130 Å². The van der Waals surface area contributed by atoms with Crippen LogP contribution in [0.4, 0.5) is 0 Å². The average molecular weight is 297 g/mol. The van der Waals surface area contributed by atoms with Gasteiger partial charge in [-0.15, -0.1) is 0 Å². The van der Waals surface area contributed by atoms with Crippen molar-refractivity contribution in [1.29, 1.82) is 0 Å². The van der Waals surface area contributed by atoms with Crippen LogP contribution in [0.15, 0.2) is 54.7 Å². The molecule has 1 aromatic carbocycles. The predicted octanol–water partition coefficient (Wildman–Crippen LogP) is 3.37. The van der Waals surface area contributed by atoms with Gasteiger partial charge in [-0.05, 0) is 37.5 Å². The van der Waals surface area contributed by atoms with Crippen LogP contribution in [0, 0.1) is 0 Å². The molecule has 1 unspecified atom stereocenters. The zero-order valence-electron chi connectivity index (χ0n) is 12.4. The van der Waals surface area contributed by atoms with Crippen LogP contribution < -0.4 is 14.8 Å². The van der Waals surface area contributed by atoms with Crippen LogP contribution in [-0.2, 0) is 0 Å². The van der Waals surface area contributed by atoms with Gasteiger partial charge in [0.25, 0.3) is 5.91 Å². The number of allylic oxidation sites excluding steroid dienone is 4. The number of rotatable bonds is 2. The number of hydrogen-bond acceptors (Lipinski definition) is 3. The van der Waals surface area contributed by atoms with Gasteiger partial charge in [0.2, 0.25) is 6.79 Å². The van der Waals surface area contributed by atoms with Crippen molar-refractivity contribution in [3.8, 4) is 11.5 Å². The maximum absolute atomic E-state index is 12.4. The topological polar surface area (TPSA) is 47.6 Å². The Balaban J connectivity index is 1.66. The second kappa shape index (κ2) is 6.52. The van der Waals surface area contributed by atoms with Crippen LogP contribution in [0.25, 0.3) is 0 Å². The molecule has 0 saturated carbocycles. The molecule has 0 fully saturated rings. The first-order valence-corrected chi connectivity index (χ1v) is 7.44. The molecule has 1 N–H and O–H groups in total. The Kier molecular flexibility index (Phi) is 4.28. The lowest BCUT2D eigenvalue weighted by atomic mass is 10.0. The van der Waals surface area contributed by atoms with Gasteiger partial charge in [-0.2, -0.15) is 0 Å². The van der Waals surface area contributed by atoms with Gasteiger partial charge in [-0.25, -0.2) is 0 Å². The lowest BCUT2D eigenvalue weighted by Gasteiger charge is -2.17. The highest BCUT2D eigenvalue weighted by Crippen LogP contribution is 2.32. The largest absolute Gasteiger partial charge is 0.454 e. The second-order valence-electron chi connectivity index (χ2n) is 5.46. The third-order valence-electron chi connectivity index (χ3n) is 3.78. The number of benzene rings is 1. The van der Waals surface area contributed by atoms with E-state index in [-0.39, 0.29) is 18.7 Å². The maximum Gasteiger partial charge on any atom is 0.251 e. The van der Waals surface area contributed by atoms with Crippen LogP contribution >= 0.6 is 0 Å². The van der Waals surface area contributed by atoms with E-state index < -0.39 is 0 Å². The molecular formula is C18H19NO3. The minimum absolute atomic E-state index is 0.0884. The summed E-state index contributed by atoms with van der Waals surface area (Å²) in [7, 11) is 0. The highest BCUT2D eigenvalue weighted by atomic mass is 16.7. The smallest absolute Gasteiger partial charge is 0.251 e. The summed E-state index contributed by atoms with van der Waals surface area (Å²) in [6.07, 6.45) is 10.6. The molecule has 2 aliphatic rings. The molecule has 1 aromatic rings. The van der Waals surface area contributed by atoms with E-state index in [1.165, 1.54) is 0 Å². The molecule has 1 amide bonds. The first kappa shape index (κ1) is 14.4. The predicted molar refractivity (Wildman–Crippen MR) is 85.1 cm³/mol. The summed E-state index contributed by atoms with van der Waals surface area (Å²) in [5.74, 6) is 1.22. The van der Waals surface area contributed by atoms with Crippen molar-refractivity contribution in [2.75, 3.05) is 6.79 Å². The molecule has 114 valence electrons. The summed E-state index contributed by atoms with van der Waals surface area (Å²) < 4.78 is 10.6. The van der Waals surface area contributed by atoms with E-state index in [0.29, 0.717) is 17.1 Å². The number of carbonyl (C=O) groups is 1. The molecule has 1 aliphatic carbocycles. The summed E-state index contributed by atoms with van der Waals surface area (Å²) in [6, 6.07) is 5.36. The summed E-state index contributed by atoms with van der Waals surface area (Å²) in [6.45, 7) is 4.22. The van der Waals surface area contributed by atoms with Crippen LogP contribution in [0.1, 0.15) is 29.6 Å². The Bertz CT molecular complexity index is 646. The van der Waals surface area contributed by atoms with Gasteiger partial charge in [-0.1, -0.05) is 36.5 Å². The number of ether oxygens (including phenoxy) is 2. The molecular weight excluding hydrogens is 278 g/mol. The van der Waals surface area contributed by atoms with E-state index in [1.54, 1.807) is 18.2 Å². The first-order chi connectivity index (χ1) is 10.7. The number of carbonyl (C=O) groups excluding carboxylic acids is 1. The van der Waals surface area contributed by atoms with Crippen molar-refractivity contribution >= 4 is 5.91 Å².